The molecule has 2 aromatic carbocycles. The molecule has 2 aliphatic rings. The van der Waals surface area contributed by atoms with Crippen LogP contribution >= 0.6 is 23.2 Å². The molecule has 4 heteroatoms. The van der Waals surface area contributed by atoms with E-state index in [0.29, 0.717) is 6.04 Å². The fourth-order valence-electron chi connectivity index (χ4n) is 1.95. The van der Waals surface area contributed by atoms with E-state index in [1.54, 1.807) is 0 Å². The molecule has 0 aliphatic carbocycles. The van der Waals surface area contributed by atoms with Crippen molar-refractivity contribution < 1.29 is 0 Å². The van der Waals surface area contributed by atoms with Gasteiger partial charge in [0.1, 0.15) is 0 Å². The Balaban J connectivity index is 0.000000121. The number of halogens is 2. The summed E-state index contributed by atoms with van der Waals surface area (Å²) in [6.45, 7) is 3.50. The molecule has 2 aromatic rings. The molecule has 104 valence electrons. The predicted octanol–water partition coefficient (Wildman–Crippen LogP) is 4.14. The summed E-state index contributed by atoms with van der Waals surface area (Å²) in [5.41, 5.74) is 2.62. The molecule has 0 bridgehead atoms. The lowest BCUT2D eigenvalue weighted by Gasteiger charge is -1.99. The first-order valence-corrected chi connectivity index (χ1v) is 7.47. The van der Waals surface area contributed by atoms with Gasteiger partial charge in [-0.1, -0.05) is 35.3 Å². The van der Waals surface area contributed by atoms with Crippen molar-refractivity contribution in [3.63, 3.8) is 0 Å². The van der Waals surface area contributed by atoms with Crippen molar-refractivity contribution in [1.82, 2.24) is 5.32 Å². The van der Waals surface area contributed by atoms with Crippen LogP contribution in [0.1, 0.15) is 11.6 Å². The van der Waals surface area contributed by atoms with Crippen molar-refractivity contribution in [2.45, 2.75) is 6.04 Å². The molecular weight excluding hydrogens is 291 g/mol. The fraction of sp³-hybridized carbons (Fsp3) is 0.250. The molecule has 2 saturated heterocycles. The number of anilines is 1. The second-order valence-corrected chi connectivity index (χ2v) is 5.85. The molecule has 20 heavy (non-hydrogen) atoms. The zero-order valence-corrected chi connectivity index (χ0v) is 12.5. The van der Waals surface area contributed by atoms with Crippen molar-refractivity contribution in [2.75, 3.05) is 24.5 Å². The number of nitrogens with zero attached hydrogens (tertiary/aromatic N) is 1. The molecule has 0 spiro atoms. The Morgan fingerprint density at radius 2 is 1.35 bits per heavy atom. The number of benzene rings is 2. The van der Waals surface area contributed by atoms with Crippen LogP contribution in [0, 0.1) is 0 Å². The third-order valence-corrected chi connectivity index (χ3v) is 3.82. The Morgan fingerprint density at radius 1 is 0.850 bits per heavy atom. The van der Waals surface area contributed by atoms with E-state index in [4.69, 9.17) is 23.2 Å². The Kier molecular flexibility index (Phi) is 4.16. The van der Waals surface area contributed by atoms with E-state index in [-0.39, 0.29) is 0 Å². The molecule has 0 aromatic heterocycles. The quantitative estimate of drug-likeness (QED) is 0.843. The maximum absolute atomic E-state index is 5.72. The summed E-state index contributed by atoms with van der Waals surface area (Å²) in [6.07, 6.45) is 0. The highest BCUT2D eigenvalue weighted by atomic mass is 35.5. The number of hydrogen-bond donors (Lipinski definition) is 1. The summed E-state index contributed by atoms with van der Waals surface area (Å²) in [5, 5.41) is 4.85. The van der Waals surface area contributed by atoms with Crippen LogP contribution in [0.4, 0.5) is 5.69 Å². The monoisotopic (exact) mass is 306 g/mol. The SMILES string of the molecule is Clc1ccc(C2CN2)cc1.Clc1ccc(N2CC2)cc1. The number of nitrogens with one attached hydrogen (secondary N) is 1. The number of hydrogen-bond acceptors (Lipinski definition) is 2. The van der Waals surface area contributed by atoms with Gasteiger partial charge in [0, 0.05) is 41.4 Å². The second kappa shape index (κ2) is 6.04. The molecule has 2 fully saturated rings. The van der Waals surface area contributed by atoms with Crippen molar-refractivity contribution in [3.05, 3.63) is 64.1 Å². The van der Waals surface area contributed by atoms with E-state index in [0.717, 1.165) is 16.6 Å². The van der Waals surface area contributed by atoms with Gasteiger partial charge in [0.15, 0.2) is 0 Å². The number of rotatable bonds is 2. The van der Waals surface area contributed by atoms with Crippen LogP contribution in [0.5, 0.6) is 0 Å². The Labute approximate surface area is 129 Å². The predicted molar refractivity (Wildman–Crippen MR) is 85.9 cm³/mol. The summed E-state index contributed by atoms with van der Waals surface area (Å²) in [4.78, 5) is 2.29. The van der Waals surface area contributed by atoms with Crippen molar-refractivity contribution in [2.24, 2.45) is 0 Å². The van der Waals surface area contributed by atoms with Crippen LogP contribution in [-0.4, -0.2) is 19.6 Å². The average Bonchev–Trinajstić information content (AvgIpc) is 3.33. The highest BCUT2D eigenvalue weighted by Gasteiger charge is 2.21. The van der Waals surface area contributed by atoms with Gasteiger partial charge in [0.25, 0.3) is 0 Å². The van der Waals surface area contributed by atoms with Crippen LogP contribution in [0.3, 0.4) is 0 Å². The zero-order chi connectivity index (χ0) is 13.9. The van der Waals surface area contributed by atoms with E-state index in [9.17, 15) is 0 Å². The van der Waals surface area contributed by atoms with Gasteiger partial charge in [-0.05, 0) is 42.0 Å². The first-order valence-electron chi connectivity index (χ1n) is 6.72. The molecule has 4 rings (SSSR count). The minimum atomic E-state index is 0.595. The van der Waals surface area contributed by atoms with Gasteiger partial charge in [0.05, 0.1) is 0 Å². The minimum absolute atomic E-state index is 0.595. The maximum atomic E-state index is 5.72. The highest BCUT2D eigenvalue weighted by molar-refractivity contribution is 6.30. The lowest BCUT2D eigenvalue weighted by molar-refractivity contribution is 1.08. The molecule has 0 saturated carbocycles. The molecule has 1 N–H and O–H groups in total. The third-order valence-electron chi connectivity index (χ3n) is 3.32. The topological polar surface area (TPSA) is 25.0 Å². The Bertz CT molecular complexity index is 505. The summed E-state index contributed by atoms with van der Waals surface area (Å²) in [5.74, 6) is 0. The van der Waals surface area contributed by atoms with E-state index < -0.39 is 0 Å². The maximum Gasteiger partial charge on any atom is 0.0447 e. The van der Waals surface area contributed by atoms with Gasteiger partial charge < -0.3 is 10.2 Å². The molecule has 1 unspecified atom stereocenters. The van der Waals surface area contributed by atoms with Crippen molar-refractivity contribution >= 4 is 28.9 Å². The van der Waals surface area contributed by atoms with Crippen LogP contribution in [0.25, 0.3) is 0 Å². The third kappa shape index (κ3) is 3.89. The molecular formula is C16H16Cl2N2. The van der Waals surface area contributed by atoms with E-state index >= 15 is 0 Å². The summed E-state index contributed by atoms with van der Waals surface area (Å²) in [6, 6.07) is 16.5. The standard InChI is InChI=1S/2C8H8ClN/c9-7-1-3-8(4-2-7)10-5-6-10;9-7-3-1-6(2-4-7)8-5-10-8/h1-4H,5-6H2;1-4,8,10H,5H2. The van der Waals surface area contributed by atoms with Gasteiger partial charge >= 0.3 is 0 Å². The van der Waals surface area contributed by atoms with Gasteiger partial charge in [-0.2, -0.15) is 0 Å². The van der Waals surface area contributed by atoms with E-state index in [2.05, 4.69) is 34.5 Å². The van der Waals surface area contributed by atoms with E-state index in [1.165, 1.54) is 24.3 Å². The van der Waals surface area contributed by atoms with Crippen LogP contribution in [0.15, 0.2) is 48.5 Å². The Hall–Kier alpha value is -1.22. The normalized spacial score (nSPS) is 19.1. The molecule has 2 nitrogen and oxygen atoms in total. The van der Waals surface area contributed by atoms with Gasteiger partial charge in [-0.3, -0.25) is 0 Å². The van der Waals surface area contributed by atoms with Crippen molar-refractivity contribution in [3.8, 4) is 0 Å². The summed E-state index contributed by atoms with van der Waals surface area (Å²) >= 11 is 11.4. The van der Waals surface area contributed by atoms with Crippen LogP contribution in [0.2, 0.25) is 10.0 Å². The van der Waals surface area contributed by atoms with Crippen LogP contribution in [-0.2, 0) is 0 Å². The fourth-order valence-corrected chi connectivity index (χ4v) is 2.20. The first kappa shape index (κ1) is 13.7. The zero-order valence-electron chi connectivity index (χ0n) is 11.0. The van der Waals surface area contributed by atoms with E-state index in [1.807, 2.05) is 24.3 Å². The Morgan fingerprint density at radius 3 is 1.80 bits per heavy atom. The molecule has 0 radical (unpaired) electrons. The largest absolute Gasteiger partial charge is 0.368 e. The van der Waals surface area contributed by atoms with Crippen LogP contribution < -0.4 is 10.2 Å². The lowest BCUT2D eigenvalue weighted by atomic mass is 10.2. The molecule has 2 aliphatic heterocycles. The van der Waals surface area contributed by atoms with Crippen molar-refractivity contribution in [1.29, 1.82) is 0 Å². The summed E-state index contributed by atoms with van der Waals surface area (Å²) < 4.78 is 0. The van der Waals surface area contributed by atoms with Gasteiger partial charge in [0.2, 0.25) is 0 Å². The first-order chi connectivity index (χ1) is 9.72. The lowest BCUT2D eigenvalue weighted by Crippen LogP contribution is -1.88. The van der Waals surface area contributed by atoms with Gasteiger partial charge in [-0.25, -0.2) is 0 Å². The average molecular weight is 307 g/mol. The summed E-state index contributed by atoms with van der Waals surface area (Å²) in [7, 11) is 0. The highest BCUT2D eigenvalue weighted by Crippen LogP contribution is 2.23. The van der Waals surface area contributed by atoms with Gasteiger partial charge in [-0.15, -0.1) is 0 Å². The smallest absolute Gasteiger partial charge is 0.0447 e. The molecule has 2 heterocycles. The minimum Gasteiger partial charge on any atom is -0.368 e. The molecule has 1 atom stereocenters. The second-order valence-electron chi connectivity index (χ2n) is 4.98. The molecule has 0 amide bonds.